The topological polar surface area (TPSA) is 101 Å². The van der Waals surface area contributed by atoms with E-state index in [2.05, 4.69) is 0 Å². The highest BCUT2D eigenvalue weighted by atomic mass is 16.6. The van der Waals surface area contributed by atoms with E-state index in [9.17, 15) is 19.7 Å². The summed E-state index contributed by atoms with van der Waals surface area (Å²) in [6.45, 7) is 0.386. The number of hydrogen-bond donors (Lipinski definition) is 1. The molecule has 2 rings (SSSR count). The van der Waals surface area contributed by atoms with Crippen LogP contribution in [0.3, 0.4) is 0 Å². The molecule has 1 aromatic rings. The molecule has 1 fully saturated rings. The SMILES string of the molecule is O=C(O)C1CCCN1C(=O)/C=C/c1ccccc1[N+](=O)[O-]. The summed E-state index contributed by atoms with van der Waals surface area (Å²) in [5.74, 6) is -1.47. The molecule has 1 aromatic carbocycles. The molecule has 7 nitrogen and oxygen atoms in total. The number of carbonyl (C=O) groups is 2. The average molecular weight is 290 g/mol. The zero-order valence-electron chi connectivity index (χ0n) is 11.1. The lowest BCUT2D eigenvalue weighted by molar-refractivity contribution is -0.385. The van der Waals surface area contributed by atoms with Crippen molar-refractivity contribution in [1.82, 2.24) is 4.90 Å². The molecule has 0 bridgehead atoms. The van der Waals surface area contributed by atoms with Gasteiger partial charge in [-0.1, -0.05) is 12.1 Å². The number of rotatable bonds is 4. The largest absolute Gasteiger partial charge is 0.480 e. The minimum Gasteiger partial charge on any atom is -0.480 e. The summed E-state index contributed by atoms with van der Waals surface area (Å²) < 4.78 is 0. The van der Waals surface area contributed by atoms with Gasteiger partial charge in [0.1, 0.15) is 6.04 Å². The van der Waals surface area contributed by atoms with E-state index < -0.39 is 22.8 Å². The van der Waals surface area contributed by atoms with E-state index in [1.54, 1.807) is 6.07 Å². The monoisotopic (exact) mass is 290 g/mol. The Morgan fingerprint density at radius 2 is 2.10 bits per heavy atom. The minimum atomic E-state index is -1.03. The summed E-state index contributed by atoms with van der Waals surface area (Å²) in [5.41, 5.74) is 0.208. The Morgan fingerprint density at radius 1 is 1.38 bits per heavy atom. The van der Waals surface area contributed by atoms with Crippen LogP contribution in [0.1, 0.15) is 18.4 Å². The third-order valence-corrected chi connectivity index (χ3v) is 3.36. The van der Waals surface area contributed by atoms with E-state index in [1.807, 2.05) is 0 Å². The van der Waals surface area contributed by atoms with Crippen molar-refractivity contribution >= 4 is 23.6 Å². The van der Waals surface area contributed by atoms with Crippen LogP contribution >= 0.6 is 0 Å². The van der Waals surface area contributed by atoms with E-state index in [0.717, 1.165) is 0 Å². The maximum Gasteiger partial charge on any atom is 0.326 e. The normalized spacial score (nSPS) is 18.1. The van der Waals surface area contributed by atoms with Crippen LogP contribution in [-0.4, -0.2) is 39.4 Å². The van der Waals surface area contributed by atoms with E-state index in [1.165, 1.54) is 35.3 Å². The molecule has 110 valence electrons. The average Bonchev–Trinajstić information content (AvgIpc) is 2.94. The summed E-state index contributed by atoms with van der Waals surface area (Å²) in [7, 11) is 0. The fourth-order valence-electron chi connectivity index (χ4n) is 2.34. The minimum absolute atomic E-state index is 0.0993. The molecule has 1 amide bonds. The Morgan fingerprint density at radius 3 is 2.76 bits per heavy atom. The second-order valence-electron chi connectivity index (χ2n) is 4.68. The Hall–Kier alpha value is -2.70. The van der Waals surface area contributed by atoms with Crippen LogP contribution in [0.25, 0.3) is 6.08 Å². The van der Waals surface area contributed by atoms with Gasteiger partial charge in [0, 0.05) is 18.7 Å². The van der Waals surface area contributed by atoms with Crippen molar-refractivity contribution in [2.75, 3.05) is 6.54 Å². The summed E-state index contributed by atoms with van der Waals surface area (Å²) in [6.07, 6.45) is 3.60. The molecule has 1 heterocycles. The zero-order chi connectivity index (χ0) is 15.4. The molecule has 1 aliphatic heterocycles. The van der Waals surface area contributed by atoms with Crippen molar-refractivity contribution in [3.63, 3.8) is 0 Å². The van der Waals surface area contributed by atoms with Crippen molar-refractivity contribution in [3.8, 4) is 0 Å². The number of nitro benzene ring substituents is 1. The number of carbonyl (C=O) groups excluding carboxylic acids is 1. The van der Waals surface area contributed by atoms with Crippen molar-refractivity contribution in [2.24, 2.45) is 0 Å². The first-order chi connectivity index (χ1) is 10.0. The molecule has 1 N–H and O–H groups in total. The molecule has 0 radical (unpaired) electrons. The van der Waals surface area contributed by atoms with Gasteiger partial charge in [-0.25, -0.2) is 4.79 Å². The van der Waals surface area contributed by atoms with Gasteiger partial charge in [-0.05, 0) is 25.0 Å². The quantitative estimate of drug-likeness (QED) is 0.516. The third kappa shape index (κ3) is 3.25. The number of carboxylic acid groups (broad SMARTS) is 1. The molecule has 0 saturated carbocycles. The lowest BCUT2D eigenvalue weighted by Gasteiger charge is -2.19. The molecule has 0 aliphatic carbocycles. The molecule has 21 heavy (non-hydrogen) atoms. The lowest BCUT2D eigenvalue weighted by Crippen LogP contribution is -2.39. The van der Waals surface area contributed by atoms with E-state index >= 15 is 0 Å². The van der Waals surface area contributed by atoms with Crippen molar-refractivity contribution in [2.45, 2.75) is 18.9 Å². The molecule has 7 heteroatoms. The predicted molar refractivity (Wildman–Crippen MR) is 74.5 cm³/mol. The fraction of sp³-hybridized carbons (Fsp3) is 0.286. The number of likely N-dealkylation sites (tertiary alicyclic amines) is 1. The molecule has 1 unspecified atom stereocenters. The van der Waals surface area contributed by atoms with Crippen molar-refractivity contribution in [1.29, 1.82) is 0 Å². The van der Waals surface area contributed by atoms with Crippen molar-refractivity contribution < 1.29 is 19.6 Å². The third-order valence-electron chi connectivity index (χ3n) is 3.36. The summed E-state index contributed by atoms with van der Waals surface area (Å²) in [6, 6.07) is 5.24. The van der Waals surface area contributed by atoms with Gasteiger partial charge in [0.25, 0.3) is 5.69 Å². The Bertz CT molecular complexity index is 611. The number of benzene rings is 1. The van der Waals surface area contributed by atoms with E-state index in [4.69, 9.17) is 5.11 Å². The van der Waals surface area contributed by atoms with Crippen LogP contribution in [0.4, 0.5) is 5.69 Å². The number of nitro groups is 1. The smallest absolute Gasteiger partial charge is 0.326 e. The van der Waals surface area contributed by atoms with Crippen LogP contribution in [0, 0.1) is 10.1 Å². The first-order valence-electron chi connectivity index (χ1n) is 6.45. The number of nitrogens with zero attached hydrogens (tertiary/aromatic N) is 2. The number of amides is 1. The van der Waals surface area contributed by atoms with Gasteiger partial charge in [-0.2, -0.15) is 0 Å². The summed E-state index contributed by atoms with van der Waals surface area (Å²) in [5, 5.41) is 19.9. The second-order valence-corrected chi connectivity index (χ2v) is 4.68. The molecule has 1 saturated heterocycles. The number of aliphatic carboxylic acids is 1. The first kappa shape index (κ1) is 14.7. The standard InChI is InChI=1S/C14H14N2O5/c17-13(15-9-3-6-12(15)14(18)19)8-7-10-4-1-2-5-11(10)16(20)21/h1-2,4-5,7-8,12H,3,6,9H2,(H,18,19)/b8-7+. The summed E-state index contributed by atoms with van der Waals surface area (Å²) >= 11 is 0. The molecular weight excluding hydrogens is 276 g/mol. The molecular formula is C14H14N2O5. The molecule has 1 atom stereocenters. The number of para-hydroxylation sites is 1. The highest BCUT2D eigenvalue weighted by molar-refractivity contribution is 5.95. The van der Waals surface area contributed by atoms with Gasteiger partial charge < -0.3 is 10.0 Å². The predicted octanol–water partition coefficient (Wildman–Crippen LogP) is 1.68. The highest BCUT2D eigenvalue weighted by Gasteiger charge is 2.32. The van der Waals surface area contributed by atoms with Gasteiger partial charge in [0.15, 0.2) is 0 Å². The summed E-state index contributed by atoms with van der Waals surface area (Å²) in [4.78, 5) is 34.7. The lowest BCUT2D eigenvalue weighted by atomic mass is 10.1. The van der Waals surface area contributed by atoms with Crippen LogP contribution in [-0.2, 0) is 9.59 Å². The first-order valence-corrected chi connectivity index (χ1v) is 6.45. The molecule has 0 aromatic heterocycles. The Balaban J connectivity index is 2.16. The zero-order valence-corrected chi connectivity index (χ0v) is 11.1. The Labute approximate surface area is 120 Å². The van der Waals surface area contributed by atoms with Gasteiger partial charge in [0.2, 0.25) is 5.91 Å². The molecule has 1 aliphatic rings. The van der Waals surface area contributed by atoms with Crippen LogP contribution in [0.5, 0.6) is 0 Å². The molecule has 0 spiro atoms. The number of carboxylic acids is 1. The van der Waals surface area contributed by atoms with Crippen LogP contribution < -0.4 is 0 Å². The van der Waals surface area contributed by atoms with Crippen LogP contribution in [0.2, 0.25) is 0 Å². The van der Waals surface area contributed by atoms with Crippen molar-refractivity contribution in [3.05, 3.63) is 46.0 Å². The van der Waals surface area contributed by atoms with Gasteiger partial charge >= 0.3 is 5.97 Å². The fourth-order valence-corrected chi connectivity index (χ4v) is 2.34. The maximum absolute atomic E-state index is 12.0. The second kappa shape index (κ2) is 6.17. The van der Waals surface area contributed by atoms with Gasteiger partial charge in [0.05, 0.1) is 10.5 Å². The maximum atomic E-state index is 12.0. The Kier molecular flexibility index (Phi) is 4.32. The highest BCUT2D eigenvalue weighted by Crippen LogP contribution is 2.21. The van der Waals surface area contributed by atoms with Gasteiger partial charge in [-0.3, -0.25) is 14.9 Å². The van der Waals surface area contributed by atoms with Crippen LogP contribution in [0.15, 0.2) is 30.3 Å². The van der Waals surface area contributed by atoms with Gasteiger partial charge in [-0.15, -0.1) is 0 Å². The number of hydrogen-bond acceptors (Lipinski definition) is 4. The van der Waals surface area contributed by atoms with E-state index in [0.29, 0.717) is 24.9 Å². The van der Waals surface area contributed by atoms with E-state index in [-0.39, 0.29) is 5.69 Å².